The van der Waals surface area contributed by atoms with E-state index in [4.69, 9.17) is 10.5 Å². The summed E-state index contributed by atoms with van der Waals surface area (Å²) in [6.07, 6.45) is 2.67. The van der Waals surface area contributed by atoms with Crippen molar-refractivity contribution < 1.29 is 9.66 Å². The number of hydrogen-bond donors (Lipinski definition) is 1. The smallest absolute Gasteiger partial charge is 0.273 e. The predicted octanol–water partition coefficient (Wildman–Crippen LogP) is 2.52. The van der Waals surface area contributed by atoms with Crippen LogP contribution in [-0.2, 0) is 0 Å². The third-order valence-electron chi connectivity index (χ3n) is 1.99. The van der Waals surface area contributed by atoms with E-state index in [1.165, 1.54) is 30.6 Å². The number of rotatable bonds is 3. The van der Waals surface area contributed by atoms with Crippen molar-refractivity contribution in [3.8, 4) is 11.6 Å². The topological polar surface area (TPSA) is 104 Å². The number of halogens is 1. The fourth-order valence-corrected chi connectivity index (χ4v) is 1.50. The molecule has 7 nitrogen and oxygen atoms in total. The summed E-state index contributed by atoms with van der Waals surface area (Å²) in [5.74, 6) is 0.745. The number of hydrogen-bond acceptors (Lipinski definition) is 6. The van der Waals surface area contributed by atoms with E-state index >= 15 is 0 Å². The largest absolute Gasteiger partial charge is 0.436 e. The highest BCUT2D eigenvalue weighted by Crippen LogP contribution is 2.32. The van der Waals surface area contributed by atoms with Crippen LogP contribution in [0.25, 0.3) is 0 Å². The Morgan fingerprint density at radius 1 is 1.33 bits per heavy atom. The van der Waals surface area contributed by atoms with Crippen molar-refractivity contribution in [2.75, 3.05) is 5.73 Å². The van der Waals surface area contributed by atoms with E-state index in [-0.39, 0.29) is 23.1 Å². The zero-order valence-corrected chi connectivity index (χ0v) is 10.5. The van der Waals surface area contributed by atoms with Gasteiger partial charge in [0.1, 0.15) is 5.82 Å². The van der Waals surface area contributed by atoms with Crippen LogP contribution in [0.15, 0.2) is 35.1 Å². The van der Waals surface area contributed by atoms with E-state index in [1.807, 2.05) is 0 Å². The summed E-state index contributed by atoms with van der Waals surface area (Å²) in [6.45, 7) is 0. The Balaban J connectivity index is 2.30. The molecule has 2 N–H and O–H groups in total. The van der Waals surface area contributed by atoms with Crippen LogP contribution in [0.3, 0.4) is 0 Å². The molecule has 0 aliphatic heterocycles. The highest BCUT2D eigenvalue weighted by molar-refractivity contribution is 9.10. The minimum absolute atomic E-state index is 0.0726. The fraction of sp³-hybridized carbons (Fsp3) is 0. The summed E-state index contributed by atoms with van der Waals surface area (Å²) < 4.78 is 5.95. The van der Waals surface area contributed by atoms with E-state index in [1.54, 1.807) is 0 Å². The van der Waals surface area contributed by atoms with Gasteiger partial charge in [0.15, 0.2) is 5.75 Å². The Bertz CT molecular complexity index is 588. The molecule has 8 heteroatoms. The standard InChI is InChI=1S/C10H7BrN4O3/c11-7-2-1-6(15(16)17)3-8(7)18-10-5-13-9(12)4-14-10/h1-5H,(H2,12,13). The summed E-state index contributed by atoms with van der Waals surface area (Å²) in [5.41, 5.74) is 5.31. The van der Waals surface area contributed by atoms with Gasteiger partial charge >= 0.3 is 0 Å². The van der Waals surface area contributed by atoms with E-state index in [9.17, 15) is 10.1 Å². The number of nitrogens with zero attached hydrogens (tertiary/aromatic N) is 3. The van der Waals surface area contributed by atoms with Gasteiger partial charge in [0.25, 0.3) is 5.69 Å². The van der Waals surface area contributed by atoms with Crippen LogP contribution in [0.5, 0.6) is 11.6 Å². The molecule has 0 saturated heterocycles. The molecule has 0 bridgehead atoms. The lowest BCUT2D eigenvalue weighted by molar-refractivity contribution is -0.384. The van der Waals surface area contributed by atoms with E-state index in [2.05, 4.69) is 25.9 Å². The first-order chi connectivity index (χ1) is 8.56. The summed E-state index contributed by atoms with van der Waals surface area (Å²) in [4.78, 5) is 17.8. The van der Waals surface area contributed by atoms with E-state index in [0.29, 0.717) is 4.47 Å². The number of aromatic nitrogens is 2. The average Bonchev–Trinajstić information content (AvgIpc) is 2.34. The number of benzene rings is 1. The van der Waals surface area contributed by atoms with Crippen LogP contribution in [0, 0.1) is 10.1 Å². The molecule has 0 fully saturated rings. The Morgan fingerprint density at radius 3 is 2.72 bits per heavy atom. The molecule has 0 aliphatic rings. The number of ether oxygens (including phenoxy) is 1. The molecule has 1 heterocycles. The third kappa shape index (κ3) is 2.72. The maximum Gasteiger partial charge on any atom is 0.273 e. The van der Waals surface area contributed by atoms with Crippen molar-refractivity contribution in [1.82, 2.24) is 9.97 Å². The van der Waals surface area contributed by atoms with Gasteiger partial charge in [-0.2, -0.15) is 0 Å². The van der Waals surface area contributed by atoms with Crippen LogP contribution in [0.4, 0.5) is 11.5 Å². The summed E-state index contributed by atoms with van der Waals surface area (Å²) >= 11 is 3.23. The van der Waals surface area contributed by atoms with Gasteiger partial charge in [-0.15, -0.1) is 0 Å². The molecule has 0 radical (unpaired) electrons. The zero-order chi connectivity index (χ0) is 13.1. The Labute approximate surface area is 110 Å². The minimum atomic E-state index is -0.506. The van der Waals surface area contributed by atoms with Crippen molar-refractivity contribution in [3.05, 3.63) is 45.2 Å². The maximum absolute atomic E-state index is 10.7. The van der Waals surface area contributed by atoms with Gasteiger partial charge in [-0.1, -0.05) is 0 Å². The first-order valence-electron chi connectivity index (χ1n) is 4.75. The number of anilines is 1. The van der Waals surface area contributed by atoms with E-state index < -0.39 is 4.92 Å². The van der Waals surface area contributed by atoms with Crippen LogP contribution in [0.2, 0.25) is 0 Å². The third-order valence-corrected chi connectivity index (χ3v) is 2.64. The summed E-state index contributed by atoms with van der Waals surface area (Å²) in [6, 6.07) is 4.19. The monoisotopic (exact) mass is 310 g/mol. The Hall–Kier alpha value is -2.22. The Morgan fingerprint density at radius 2 is 2.11 bits per heavy atom. The lowest BCUT2D eigenvalue weighted by atomic mass is 10.3. The summed E-state index contributed by atoms with van der Waals surface area (Å²) in [5, 5.41) is 10.7. The first-order valence-corrected chi connectivity index (χ1v) is 5.55. The van der Waals surface area contributed by atoms with Crippen LogP contribution in [0.1, 0.15) is 0 Å². The molecule has 1 aromatic carbocycles. The summed E-state index contributed by atoms with van der Waals surface area (Å²) in [7, 11) is 0. The molecule has 0 atom stereocenters. The predicted molar refractivity (Wildman–Crippen MR) is 67.3 cm³/mol. The van der Waals surface area contributed by atoms with E-state index in [0.717, 1.165) is 0 Å². The lowest BCUT2D eigenvalue weighted by Crippen LogP contribution is -1.95. The lowest BCUT2D eigenvalue weighted by Gasteiger charge is -2.06. The highest BCUT2D eigenvalue weighted by Gasteiger charge is 2.11. The molecule has 18 heavy (non-hydrogen) atoms. The van der Waals surface area contributed by atoms with Crippen LogP contribution < -0.4 is 10.5 Å². The second kappa shape index (κ2) is 4.96. The number of non-ortho nitro benzene ring substituents is 1. The van der Waals surface area contributed by atoms with Crippen molar-refractivity contribution in [2.45, 2.75) is 0 Å². The SMILES string of the molecule is Nc1cnc(Oc2cc([N+](=O)[O-])ccc2Br)cn1. The molecule has 0 spiro atoms. The van der Waals surface area contributed by atoms with Gasteiger partial charge < -0.3 is 10.5 Å². The molecular formula is C10H7BrN4O3. The molecule has 0 aliphatic carbocycles. The van der Waals surface area contributed by atoms with Gasteiger partial charge in [-0.05, 0) is 22.0 Å². The number of nitro benzene ring substituents is 1. The molecular weight excluding hydrogens is 304 g/mol. The van der Waals surface area contributed by atoms with Gasteiger partial charge in [-0.3, -0.25) is 10.1 Å². The minimum Gasteiger partial charge on any atom is -0.436 e. The molecule has 2 aromatic rings. The molecule has 1 aromatic heterocycles. The fourth-order valence-electron chi connectivity index (χ4n) is 1.18. The maximum atomic E-state index is 10.7. The quantitative estimate of drug-likeness (QED) is 0.690. The van der Waals surface area contributed by atoms with Gasteiger partial charge in [0, 0.05) is 6.07 Å². The van der Waals surface area contributed by atoms with Gasteiger partial charge in [0.05, 0.1) is 27.9 Å². The number of nitro groups is 1. The highest BCUT2D eigenvalue weighted by atomic mass is 79.9. The molecule has 92 valence electrons. The van der Waals surface area contributed by atoms with Gasteiger partial charge in [0.2, 0.25) is 5.88 Å². The average molecular weight is 311 g/mol. The Kier molecular flexibility index (Phi) is 3.38. The normalized spacial score (nSPS) is 10.1. The second-order valence-corrected chi connectivity index (χ2v) is 4.11. The van der Waals surface area contributed by atoms with Crippen molar-refractivity contribution in [2.24, 2.45) is 0 Å². The zero-order valence-electron chi connectivity index (χ0n) is 8.91. The van der Waals surface area contributed by atoms with Crippen molar-refractivity contribution >= 4 is 27.4 Å². The number of nitrogens with two attached hydrogens (primary N) is 1. The van der Waals surface area contributed by atoms with Gasteiger partial charge in [-0.25, -0.2) is 9.97 Å². The first kappa shape index (κ1) is 12.2. The molecule has 0 amide bonds. The van der Waals surface area contributed by atoms with Crippen molar-refractivity contribution in [1.29, 1.82) is 0 Å². The van der Waals surface area contributed by atoms with Crippen molar-refractivity contribution in [3.63, 3.8) is 0 Å². The van der Waals surface area contributed by atoms with Crippen LogP contribution >= 0.6 is 15.9 Å². The second-order valence-electron chi connectivity index (χ2n) is 3.25. The molecule has 2 rings (SSSR count). The van der Waals surface area contributed by atoms with Crippen LogP contribution in [-0.4, -0.2) is 14.9 Å². The number of nitrogen functional groups attached to an aromatic ring is 1. The molecule has 0 unspecified atom stereocenters. The molecule has 0 saturated carbocycles.